The molecule has 0 bridgehead atoms. The molecule has 0 fully saturated rings. The van der Waals surface area contributed by atoms with Crippen LogP contribution in [0.2, 0.25) is 0 Å². The summed E-state index contributed by atoms with van der Waals surface area (Å²) in [5, 5.41) is 3.19. The fourth-order valence-corrected chi connectivity index (χ4v) is 2.89. The Balaban J connectivity index is 2.05. The quantitative estimate of drug-likeness (QED) is 0.863. The van der Waals surface area contributed by atoms with Crippen LogP contribution in [0.15, 0.2) is 30.3 Å². The number of hydrogen-bond donors (Lipinski definition) is 1. The van der Waals surface area contributed by atoms with E-state index in [1.165, 1.54) is 20.9 Å². The SMILES string of the molecule is CCc1ccc(COc2ccc(C)cc2CNC)s1. The van der Waals surface area contributed by atoms with E-state index in [0.717, 1.165) is 18.7 Å². The van der Waals surface area contributed by atoms with Crippen LogP contribution in [-0.2, 0) is 19.6 Å². The van der Waals surface area contributed by atoms with Crippen molar-refractivity contribution in [2.75, 3.05) is 7.05 Å². The van der Waals surface area contributed by atoms with Crippen molar-refractivity contribution < 1.29 is 4.74 Å². The molecule has 1 aromatic heterocycles. The normalized spacial score (nSPS) is 10.7. The third kappa shape index (κ3) is 3.82. The average molecular weight is 275 g/mol. The van der Waals surface area contributed by atoms with E-state index in [1.807, 2.05) is 18.4 Å². The molecule has 0 unspecified atom stereocenters. The number of thiophene rings is 1. The fourth-order valence-electron chi connectivity index (χ4n) is 2.02. The van der Waals surface area contributed by atoms with Gasteiger partial charge in [-0.3, -0.25) is 0 Å². The lowest BCUT2D eigenvalue weighted by Gasteiger charge is -2.11. The molecule has 0 spiro atoms. The van der Waals surface area contributed by atoms with Gasteiger partial charge in [-0.1, -0.05) is 24.6 Å². The maximum absolute atomic E-state index is 5.96. The third-order valence-electron chi connectivity index (χ3n) is 3.02. The van der Waals surface area contributed by atoms with E-state index in [0.29, 0.717) is 6.61 Å². The summed E-state index contributed by atoms with van der Waals surface area (Å²) in [4.78, 5) is 2.70. The van der Waals surface area contributed by atoms with Crippen LogP contribution < -0.4 is 10.1 Å². The van der Waals surface area contributed by atoms with E-state index in [4.69, 9.17) is 4.74 Å². The highest BCUT2D eigenvalue weighted by Gasteiger charge is 2.05. The molecule has 19 heavy (non-hydrogen) atoms. The largest absolute Gasteiger partial charge is 0.488 e. The summed E-state index contributed by atoms with van der Waals surface area (Å²) in [5.41, 5.74) is 2.48. The van der Waals surface area contributed by atoms with Gasteiger partial charge in [-0.05, 0) is 38.6 Å². The molecule has 0 aliphatic rings. The number of benzene rings is 1. The molecule has 3 heteroatoms. The zero-order valence-electron chi connectivity index (χ0n) is 11.8. The molecule has 0 amide bonds. The summed E-state index contributed by atoms with van der Waals surface area (Å²) in [7, 11) is 1.96. The molecule has 0 aliphatic heterocycles. The summed E-state index contributed by atoms with van der Waals surface area (Å²) in [5.74, 6) is 0.978. The Hall–Kier alpha value is -1.32. The molecule has 0 saturated carbocycles. The molecule has 0 aliphatic carbocycles. The number of hydrogen-bond acceptors (Lipinski definition) is 3. The lowest BCUT2D eigenvalue weighted by Crippen LogP contribution is -2.07. The van der Waals surface area contributed by atoms with Gasteiger partial charge in [0.2, 0.25) is 0 Å². The van der Waals surface area contributed by atoms with Gasteiger partial charge in [0.15, 0.2) is 0 Å². The van der Waals surface area contributed by atoms with Crippen molar-refractivity contribution in [2.45, 2.75) is 33.4 Å². The molecule has 2 nitrogen and oxygen atoms in total. The van der Waals surface area contributed by atoms with Gasteiger partial charge >= 0.3 is 0 Å². The van der Waals surface area contributed by atoms with Gasteiger partial charge in [-0.2, -0.15) is 0 Å². The van der Waals surface area contributed by atoms with Gasteiger partial charge in [-0.15, -0.1) is 11.3 Å². The second-order valence-corrected chi connectivity index (χ2v) is 5.90. The van der Waals surface area contributed by atoms with Crippen LogP contribution >= 0.6 is 11.3 Å². The number of nitrogens with one attached hydrogen (secondary N) is 1. The Kier molecular flexibility index (Phi) is 5.00. The zero-order valence-corrected chi connectivity index (χ0v) is 12.6. The first-order chi connectivity index (χ1) is 9.22. The van der Waals surface area contributed by atoms with Crippen molar-refractivity contribution in [1.29, 1.82) is 0 Å². The van der Waals surface area contributed by atoms with Crippen molar-refractivity contribution in [3.05, 3.63) is 51.2 Å². The minimum atomic E-state index is 0.657. The lowest BCUT2D eigenvalue weighted by atomic mass is 10.1. The Bertz CT molecular complexity index is 533. The highest BCUT2D eigenvalue weighted by molar-refractivity contribution is 7.11. The van der Waals surface area contributed by atoms with Crippen LogP contribution in [0.1, 0.15) is 27.8 Å². The third-order valence-corrected chi connectivity index (χ3v) is 4.22. The van der Waals surface area contributed by atoms with Crippen LogP contribution in [0.4, 0.5) is 0 Å². The lowest BCUT2D eigenvalue weighted by molar-refractivity contribution is 0.306. The van der Waals surface area contributed by atoms with E-state index in [2.05, 4.69) is 49.5 Å². The molecular weight excluding hydrogens is 254 g/mol. The molecule has 102 valence electrons. The van der Waals surface area contributed by atoms with E-state index < -0.39 is 0 Å². The summed E-state index contributed by atoms with van der Waals surface area (Å²) < 4.78 is 5.96. The summed E-state index contributed by atoms with van der Waals surface area (Å²) in [6.07, 6.45) is 1.10. The predicted octanol–water partition coefficient (Wildman–Crippen LogP) is 3.92. The molecule has 0 radical (unpaired) electrons. The second kappa shape index (κ2) is 6.73. The van der Waals surface area contributed by atoms with Crippen molar-refractivity contribution in [1.82, 2.24) is 5.32 Å². The molecule has 0 saturated heterocycles. The summed E-state index contributed by atoms with van der Waals surface area (Å²) in [6, 6.07) is 10.7. The average Bonchev–Trinajstić information content (AvgIpc) is 2.86. The van der Waals surface area contributed by atoms with Gasteiger partial charge in [-0.25, -0.2) is 0 Å². The Morgan fingerprint density at radius 2 is 1.95 bits per heavy atom. The highest BCUT2D eigenvalue weighted by Crippen LogP contribution is 2.23. The maximum Gasteiger partial charge on any atom is 0.124 e. The number of ether oxygens (including phenoxy) is 1. The molecule has 2 rings (SSSR count). The minimum absolute atomic E-state index is 0.657. The molecule has 1 aromatic carbocycles. The first-order valence-corrected chi connectivity index (χ1v) is 7.49. The van der Waals surface area contributed by atoms with Gasteiger partial charge < -0.3 is 10.1 Å². The highest BCUT2D eigenvalue weighted by atomic mass is 32.1. The minimum Gasteiger partial charge on any atom is -0.488 e. The van der Waals surface area contributed by atoms with Crippen LogP contribution in [-0.4, -0.2) is 7.05 Å². The fraction of sp³-hybridized carbons (Fsp3) is 0.375. The molecule has 1 heterocycles. The predicted molar refractivity (Wildman–Crippen MR) is 82.0 cm³/mol. The summed E-state index contributed by atoms with van der Waals surface area (Å²) >= 11 is 1.83. The maximum atomic E-state index is 5.96. The van der Waals surface area contributed by atoms with Crippen molar-refractivity contribution in [3.63, 3.8) is 0 Å². The van der Waals surface area contributed by atoms with Gasteiger partial charge in [0.1, 0.15) is 12.4 Å². The van der Waals surface area contributed by atoms with Crippen LogP contribution in [0.3, 0.4) is 0 Å². The monoisotopic (exact) mass is 275 g/mol. The van der Waals surface area contributed by atoms with Crippen LogP contribution in [0.25, 0.3) is 0 Å². The standard InChI is InChI=1S/C16H21NOS/c1-4-14-6-7-15(19-14)11-18-16-8-5-12(2)9-13(16)10-17-3/h5-9,17H,4,10-11H2,1-3H3. The van der Waals surface area contributed by atoms with E-state index in [1.54, 1.807) is 0 Å². The first kappa shape index (κ1) is 14.1. The van der Waals surface area contributed by atoms with E-state index >= 15 is 0 Å². The first-order valence-electron chi connectivity index (χ1n) is 6.67. The molecular formula is C16H21NOS. The Morgan fingerprint density at radius 1 is 1.16 bits per heavy atom. The van der Waals surface area contributed by atoms with Crippen LogP contribution in [0.5, 0.6) is 5.75 Å². The van der Waals surface area contributed by atoms with Gasteiger partial charge in [0.05, 0.1) is 0 Å². The molecule has 0 atom stereocenters. The Morgan fingerprint density at radius 3 is 2.63 bits per heavy atom. The Labute approximate surface area is 119 Å². The number of aryl methyl sites for hydroxylation is 2. The molecule has 1 N–H and O–H groups in total. The van der Waals surface area contributed by atoms with Gasteiger partial charge in [0, 0.05) is 21.9 Å². The van der Waals surface area contributed by atoms with E-state index in [-0.39, 0.29) is 0 Å². The second-order valence-electron chi connectivity index (χ2n) is 4.65. The van der Waals surface area contributed by atoms with Gasteiger partial charge in [0.25, 0.3) is 0 Å². The van der Waals surface area contributed by atoms with Crippen LogP contribution in [0, 0.1) is 6.92 Å². The van der Waals surface area contributed by atoms with E-state index in [9.17, 15) is 0 Å². The molecule has 2 aromatic rings. The van der Waals surface area contributed by atoms with Crippen molar-refractivity contribution in [2.24, 2.45) is 0 Å². The van der Waals surface area contributed by atoms with Crippen molar-refractivity contribution in [3.8, 4) is 5.75 Å². The smallest absolute Gasteiger partial charge is 0.124 e. The summed E-state index contributed by atoms with van der Waals surface area (Å²) in [6.45, 7) is 5.78. The van der Waals surface area contributed by atoms with Crippen molar-refractivity contribution >= 4 is 11.3 Å². The number of rotatable bonds is 6. The zero-order chi connectivity index (χ0) is 13.7. The topological polar surface area (TPSA) is 21.3 Å².